The van der Waals surface area contributed by atoms with Crippen LogP contribution in [0, 0.1) is 0 Å². The highest BCUT2D eigenvalue weighted by Gasteiger charge is 2.39. The third kappa shape index (κ3) is 3.64. The number of carboxylic acids is 1. The summed E-state index contributed by atoms with van der Waals surface area (Å²) in [4.78, 5) is 11.7. The van der Waals surface area contributed by atoms with Crippen molar-refractivity contribution in [2.45, 2.75) is 18.2 Å². The number of hydrogen-bond donors (Lipinski definition) is 1. The van der Waals surface area contributed by atoms with Crippen molar-refractivity contribution in [2.75, 3.05) is 11.4 Å². The summed E-state index contributed by atoms with van der Waals surface area (Å²) in [6.45, 7) is 0. The van der Waals surface area contributed by atoms with E-state index in [-0.39, 0.29) is 12.2 Å². The third-order valence-corrected chi connectivity index (χ3v) is 6.96. The standard InChI is InChI=1S/C23H21NO5S/c1-29-17-12-10-16(11-13-17)15-30(27,28)24-21-9-5-4-7-19(21)18-6-2-3-8-20(18)22(24)14-23(25)26/h2-13,22H,14-15H2,1H3,(H,25,26). The maximum Gasteiger partial charge on any atom is 0.305 e. The third-order valence-electron chi connectivity index (χ3n) is 5.21. The molecule has 6 nitrogen and oxygen atoms in total. The van der Waals surface area contributed by atoms with Crippen LogP contribution in [-0.4, -0.2) is 26.6 Å². The lowest BCUT2D eigenvalue weighted by Gasteiger charge is -2.38. The molecule has 0 aromatic heterocycles. The number of hydrogen-bond acceptors (Lipinski definition) is 4. The van der Waals surface area contributed by atoms with Crippen molar-refractivity contribution in [3.8, 4) is 16.9 Å². The Bertz CT molecular complexity index is 1190. The fraction of sp³-hybridized carbons (Fsp3) is 0.174. The Hall–Kier alpha value is -3.32. The molecule has 0 saturated carbocycles. The maximum absolute atomic E-state index is 13.6. The molecule has 4 rings (SSSR count). The van der Waals surface area contributed by atoms with Crippen molar-refractivity contribution in [1.29, 1.82) is 0 Å². The molecule has 7 heteroatoms. The van der Waals surface area contributed by atoms with Crippen LogP contribution in [0.3, 0.4) is 0 Å². The predicted molar refractivity (Wildman–Crippen MR) is 115 cm³/mol. The van der Waals surface area contributed by atoms with Crippen molar-refractivity contribution >= 4 is 21.7 Å². The van der Waals surface area contributed by atoms with E-state index in [9.17, 15) is 18.3 Å². The lowest BCUT2D eigenvalue weighted by Crippen LogP contribution is -2.39. The summed E-state index contributed by atoms with van der Waals surface area (Å²) in [7, 11) is -2.33. The van der Waals surface area contributed by atoms with Crippen LogP contribution in [0.2, 0.25) is 0 Å². The average Bonchev–Trinajstić information content (AvgIpc) is 2.73. The number of carbonyl (C=O) groups is 1. The molecule has 0 bridgehead atoms. The smallest absolute Gasteiger partial charge is 0.305 e. The number of methoxy groups -OCH3 is 1. The summed E-state index contributed by atoms with van der Waals surface area (Å²) in [5.74, 6) is -0.667. The Morgan fingerprint density at radius 2 is 1.60 bits per heavy atom. The number of nitrogens with zero attached hydrogens (tertiary/aromatic N) is 1. The molecule has 1 N–H and O–H groups in total. The van der Waals surface area contributed by atoms with Crippen molar-refractivity contribution in [1.82, 2.24) is 0 Å². The molecule has 1 aliphatic heterocycles. The molecule has 1 aliphatic rings. The fourth-order valence-corrected chi connectivity index (χ4v) is 5.71. The summed E-state index contributed by atoms with van der Waals surface area (Å²) in [6, 6.07) is 20.6. The van der Waals surface area contributed by atoms with E-state index in [0.717, 1.165) is 11.1 Å². The van der Waals surface area contributed by atoms with Gasteiger partial charge in [-0.25, -0.2) is 8.42 Å². The van der Waals surface area contributed by atoms with Gasteiger partial charge in [-0.2, -0.15) is 0 Å². The molecule has 0 saturated heterocycles. The second-order valence-corrected chi connectivity index (χ2v) is 8.96. The lowest BCUT2D eigenvalue weighted by molar-refractivity contribution is -0.137. The van der Waals surface area contributed by atoms with Crippen molar-refractivity contribution in [3.63, 3.8) is 0 Å². The number of rotatable bonds is 6. The van der Waals surface area contributed by atoms with Crippen LogP contribution in [0.1, 0.15) is 23.6 Å². The summed E-state index contributed by atoms with van der Waals surface area (Å²) in [6.07, 6.45) is -0.326. The first-order valence-corrected chi connectivity index (χ1v) is 11.1. The number of aliphatic carboxylic acids is 1. The van der Waals surface area contributed by atoms with Gasteiger partial charge in [0.2, 0.25) is 10.0 Å². The molecule has 0 amide bonds. The van der Waals surface area contributed by atoms with Gasteiger partial charge in [-0.05, 0) is 34.9 Å². The van der Waals surface area contributed by atoms with Gasteiger partial charge in [-0.3, -0.25) is 9.10 Å². The summed E-state index contributed by atoms with van der Waals surface area (Å²) in [5.41, 5.74) is 3.41. The van der Waals surface area contributed by atoms with Crippen molar-refractivity contribution in [2.24, 2.45) is 0 Å². The normalized spacial score (nSPS) is 15.2. The van der Waals surface area contributed by atoms with E-state index < -0.39 is 22.0 Å². The average molecular weight is 423 g/mol. The first kappa shape index (κ1) is 20.0. The highest BCUT2D eigenvalue weighted by atomic mass is 32.2. The number of sulfonamides is 1. The number of anilines is 1. The van der Waals surface area contributed by atoms with E-state index in [1.165, 1.54) is 4.31 Å². The first-order chi connectivity index (χ1) is 14.4. The molecule has 1 heterocycles. The van der Waals surface area contributed by atoms with Gasteiger partial charge in [0.25, 0.3) is 0 Å². The fourth-order valence-electron chi connectivity index (χ4n) is 3.92. The van der Waals surface area contributed by atoms with E-state index in [2.05, 4.69) is 0 Å². The van der Waals surface area contributed by atoms with Gasteiger partial charge in [0, 0.05) is 5.56 Å². The monoisotopic (exact) mass is 423 g/mol. The van der Waals surface area contributed by atoms with Crippen LogP contribution < -0.4 is 9.04 Å². The Kier molecular flexibility index (Phi) is 5.22. The largest absolute Gasteiger partial charge is 0.497 e. The molecule has 0 aliphatic carbocycles. The highest BCUT2D eigenvalue weighted by Crippen LogP contribution is 2.47. The number of benzene rings is 3. The Morgan fingerprint density at radius 1 is 0.967 bits per heavy atom. The summed E-state index contributed by atoms with van der Waals surface area (Å²) in [5, 5.41) is 9.53. The zero-order valence-corrected chi connectivity index (χ0v) is 17.2. The molecular weight excluding hydrogens is 402 g/mol. The van der Waals surface area contributed by atoms with Crippen LogP contribution in [0.25, 0.3) is 11.1 Å². The van der Waals surface area contributed by atoms with Crippen LogP contribution in [0.4, 0.5) is 5.69 Å². The topological polar surface area (TPSA) is 83.9 Å². The zero-order chi connectivity index (χ0) is 21.3. The summed E-state index contributed by atoms with van der Waals surface area (Å²) < 4.78 is 33.6. The van der Waals surface area contributed by atoms with Crippen LogP contribution in [0.5, 0.6) is 5.75 Å². The van der Waals surface area contributed by atoms with Gasteiger partial charge in [0.1, 0.15) is 5.75 Å². The Balaban J connectivity index is 1.83. The van der Waals surface area contributed by atoms with E-state index >= 15 is 0 Å². The Labute approximate surface area is 175 Å². The molecule has 3 aromatic carbocycles. The second-order valence-electron chi connectivity index (χ2n) is 7.12. The molecule has 3 aromatic rings. The quantitative estimate of drug-likeness (QED) is 0.642. The molecule has 0 radical (unpaired) electrons. The highest BCUT2D eigenvalue weighted by molar-refractivity contribution is 7.92. The predicted octanol–water partition coefficient (Wildman–Crippen LogP) is 4.23. The van der Waals surface area contributed by atoms with Gasteiger partial charge in [-0.15, -0.1) is 0 Å². The van der Waals surface area contributed by atoms with E-state index in [1.807, 2.05) is 24.3 Å². The molecule has 154 valence electrons. The van der Waals surface area contributed by atoms with Gasteiger partial charge >= 0.3 is 5.97 Å². The molecule has 1 unspecified atom stereocenters. The van der Waals surface area contributed by atoms with E-state index in [1.54, 1.807) is 55.6 Å². The number of para-hydroxylation sites is 1. The molecule has 1 atom stereocenters. The lowest BCUT2D eigenvalue weighted by atomic mass is 9.88. The SMILES string of the molecule is COc1ccc(CS(=O)(=O)N2c3ccccc3-c3ccccc3C2CC(=O)O)cc1. The Morgan fingerprint density at radius 3 is 2.27 bits per heavy atom. The molecule has 30 heavy (non-hydrogen) atoms. The van der Waals surface area contributed by atoms with Gasteiger partial charge in [-0.1, -0.05) is 54.6 Å². The molecule has 0 fully saturated rings. The number of ether oxygens (including phenoxy) is 1. The van der Waals surface area contributed by atoms with E-state index in [4.69, 9.17) is 4.74 Å². The van der Waals surface area contributed by atoms with Crippen LogP contribution in [0.15, 0.2) is 72.8 Å². The van der Waals surface area contributed by atoms with E-state index in [0.29, 0.717) is 22.6 Å². The minimum absolute atomic E-state index is 0.246. The number of carboxylic acid groups (broad SMARTS) is 1. The maximum atomic E-state index is 13.6. The van der Waals surface area contributed by atoms with Crippen molar-refractivity contribution in [3.05, 3.63) is 83.9 Å². The van der Waals surface area contributed by atoms with Gasteiger partial charge in [0.15, 0.2) is 0 Å². The molecule has 0 spiro atoms. The zero-order valence-electron chi connectivity index (χ0n) is 16.4. The minimum Gasteiger partial charge on any atom is -0.497 e. The minimum atomic E-state index is -3.88. The first-order valence-electron chi connectivity index (χ1n) is 9.46. The van der Waals surface area contributed by atoms with Crippen LogP contribution in [-0.2, 0) is 20.6 Å². The van der Waals surface area contributed by atoms with Gasteiger partial charge in [0.05, 0.1) is 31.0 Å². The van der Waals surface area contributed by atoms with Crippen molar-refractivity contribution < 1.29 is 23.1 Å². The summed E-state index contributed by atoms with van der Waals surface area (Å²) >= 11 is 0. The molecular formula is C23H21NO5S. The number of fused-ring (bicyclic) bond motifs is 3. The van der Waals surface area contributed by atoms with Gasteiger partial charge < -0.3 is 9.84 Å². The second kappa shape index (κ2) is 7.84. The van der Waals surface area contributed by atoms with Crippen LogP contribution >= 0.6 is 0 Å².